The third kappa shape index (κ3) is 4.81. The van der Waals surface area contributed by atoms with E-state index in [1.54, 1.807) is 24.4 Å². The molecule has 4 rings (SSSR count). The lowest BCUT2D eigenvalue weighted by Crippen LogP contribution is -2.20. The van der Waals surface area contributed by atoms with E-state index in [-0.39, 0.29) is 12.2 Å². The summed E-state index contributed by atoms with van der Waals surface area (Å²) in [5.74, 6) is 3.95. The van der Waals surface area contributed by atoms with E-state index in [4.69, 9.17) is 20.9 Å². The molecule has 0 amide bonds. The van der Waals surface area contributed by atoms with Gasteiger partial charge in [0.05, 0.1) is 23.7 Å². The Morgan fingerprint density at radius 2 is 1.82 bits per heavy atom. The summed E-state index contributed by atoms with van der Waals surface area (Å²) in [5.41, 5.74) is 1.84. The number of halogens is 1. The first-order valence-electron chi connectivity index (χ1n) is 10.3. The molecule has 0 saturated carbocycles. The predicted molar refractivity (Wildman–Crippen MR) is 134 cm³/mol. The Labute approximate surface area is 199 Å². The highest BCUT2D eigenvalue weighted by Crippen LogP contribution is 2.33. The third-order valence-corrected chi connectivity index (χ3v) is 5.46. The van der Waals surface area contributed by atoms with Gasteiger partial charge in [0.1, 0.15) is 6.61 Å². The molecular formula is C26H20BrN3O3. The van der Waals surface area contributed by atoms with Gasteiger partial charge in [0, 0.05) is 15.6 Å². The Hall–Kier alpha value is -3.89. The van der Waals surface area contributed by atoms with Crippen molar-refractivity contribution in [1.82, 2.24) is 9.66 Å². The van der Waals surface area contributed by atoms with Crippen molar-refractivity contribution < 1.29 is 9.47 Å². The van der Waals surface area contributed by atoms with Crippen LogP contribution in [0.4, 0.5) is 0 Å². The van der Waals surface area contributed by atoms with Crippen LogP contribution in [-0.2, 0) is 0 Å². The van der Waals surface area contributed by atoms with Gasteiger partial charge in [0.25, 0.3) is 5.56 Å². The maximum absolute atomic E-state index is 13.3. The topological polar surface area (TPSA) is 65.7 Å². The fourth-order valence-corrected chi connectivity index (χ4v) is 3.70. The largest absolute Gasteiger partial charge is 0.490 e. The Balaban J connectivity index is 1.84. The van der Waals surface area contributed by atoms with Gasteiger partial charge < -0.3 is 9.47 Å². The van der Waals surface area contributed by atoms with Crippen LogP contribution >= 0.6 is 15.9 Å². The van der Waals surface area contributed by atoms with Gasteiger partial charge in [-0.05, 0) is 47.1 Å². The van der Waals surface area contributed by atoms with E-state index in [0.717, 1.165) is 5.56 Å². The van der Waals surface area contributed by atoms with E-state index in [2.05, 4.69) is 27.0 Å². The predicted octanol–water partition coefficient (Wildman–Crippen LogP) is 5.12. The minimum atomic E-state index is -0.258. The molecule has 0 N–H and O–H groups in total. The zero-order valence-electron chi connectivity index (χ0n) is 17.9. The molecule has 3 aromatic carbocycles. The van der Waals surface area contributed by atoms with E-state index in [9.17, 15) is 4.79 Å². The zero-order valence-corrected chi connectivity index (χ0v) is 19.5. The molecule has 0 radical (unpaired) electrons. The van der Waals surface area contributed by atoms with Crippen LogP contribution in [0.5, 0.6) is 11.5 Å². The maximum atomic E-state index is 13.3. The molecule has 0 aliphatic carbocycles. The summed E-state index contributed by atoms with van der Waals surface area (Å²) in [4.78, 5) is 18.0. The van der Waals surface area contributed by atoms with Gasteiger partial charge in [0.2, 0.25) is 0 Å². The molecular weight excluding hydrogens is 482 g/mol. The number of terminal acetylenes is 1. The van der Waals surface area contributed by atoms with Crippen molar-refractivity contribution in [3.63, 3.8) is 0 Å². The number of para-hydroxylation sites is 1. The smallest absolute Gasteiger partial charge is 0.282 e. The van der Waals surface area contributed by atoms with E-state index >= 15 is 0 Å². The Kier molecular flexibility index (Phi) is 6.86. The molecule has 0 spiro atoms. The van der Waals surface area contributed by atoms with Gasteiger partial charge in [-0.3, -0.25) is 4.79 Å². The van der Waals surface area contributed by atoms with Crippen LogP contribution in [0.3, 0.4) is 0 Å². The van der Waals surface area contributed by atoms with Crippen molar-refractivity contribution in [2.45, 2.75) is 6.92 Å². The lowest BCUT2D eigenvalue weighted by atomic mass is 10.2. The highest BCUT2D eigenvalue weighted by Gasteiger charge is 2.13. The molecule has 7 heteroatoms. The van der Waals surface area contributed by atoms with Crippen LogP contribution in [0.2, 0.25) is 0 Å². The van der Waals surface area contributed by atoms with Crippen LogP contribution in [0.15, 0.2) is 81.1 Å². The fraction of sp³-hybridized carbons (Fsp3) is 0.115. The first-order chi connectivity index (χ1) is 16.1. The van der Waals surface area contributed by atoms with Crippen molar-refractivity contribution in [3.05, 3.63) is 87.1 Å². The first kappa shape index (κ1) is 22.3. The maximum Gasteiger partial charge on any atom is 0.282 e. The Bertz CT molecular complexity index is 1420. The second kappa shape index (κ2) is 10.2. The summed E-state index contributed by atoms with van der Waals surface area (Å²) >= 11 is 3.54. The summed E-state index contributed by atoms with van der Waals surface area (Å²) < 4.78 is 13.3. The quantitative estimate of drug-likeness (QED) is 0.260. The summed E-state index contributed by atoms with van der Waals surface area (Å²) in [6.45, 7) is 2.46. The Morgan fingerprint density at radius 3 is 2.58 bits per heavy atom. The molecule has 0 unspecified atom stereocenters. The average molecular weight is 502 g/mol. The Morgan fingerprint density at radius 1 is 1.09 bits per heavy atom. The van der Waals surface area contributed by atoms with Gasteiger partial charge in [-0.15, -0.1) is 6.42 Å². The van der Waals surface area contributed by atoms with Crippen LogP contribution in [-0.4, -0.2) is 29.1 Å². The molecule has 0 saturated heterocycles. The van der Waals surface area contributed by atoms with Crippen LogP contribution in [0.1, 0.15) is 12.5 Å². The van der Waals surface area contributed by atoms with Gasteiger partial charge in [-0.2, -0.15) is 9.78 Å². The van der Waals surface area contributed by atoms with Gasteiger partial charge in [0.15, 0.2) is 17.3 Å². The van der Waals surface area contributed by atoms with Crippen molar-refractivity contribution in [2.24, 2.45) is 5.10 Å². The monoisotopic (exact) mass is 501 g/mol. The SMILES string of the molecule is C#CCOc1cc(Br)c(C=Nn2c(-c3ccccc3)nc3ccccc3c2=O)cc1OCC. The van der Waals surface area contributed by atoms with Crippen molar-refractivity contribution in [1.29, 1.82) is 0 Å². The lowest BCUT2D eigenvalue weighted by molar-refractivity contribution is 0.299. The fourth-order valence-electron chi connectivity index (χ4n) is 3.28. The highest BCUT2D eigenvalue weighted by atomic mass is 79.9. The molecule has 1 heterocycles. The van der Waals surface area contributed by atoms with E-state index in [0.29, 0.717) is 44.9 Å². The summed E-state index contributed by atoms with van der Waals surface area (Å²) in [7, 11) is 0. The second-order valence-corrected chi connectivity index (χ2v) is 7.78. The standard InChI is InChI=1S/C26H20BrN3O3/c1-3-14-33-24-16-21(27)19(15-23(24)32-4-2)17-28-30-25(18-10-6-5-7-11-18)29-22-13-9-8-12-20(22)26(30)31/h1,5-13,15-17H,4,14H2,2H3. The number of nitrogens with zero attached hydrogens (tertiary/aromatic N) is 3. The number of rotatable bonds is 7. The molecule has 33 heavy (non-hydrogen) atoms. The number of ether oxygens (including phenoxy) is 2. The van der Waals surface area contributed by atoms with Gasteiger partial charge in [-0.1, -0.05) is 48.4 Å². The molecule has 1 aromatic heterocycles. The molecule has 0 aliphatic heterocycles. The van der Waals surface area contributed by atoms with Crippen LogP contribution in [0.25, 0.3) is 22.3 Å². The van der Waals surface area contributed by atoms with Crippen molar-refractivity contribution in [2.75, 3.05) is 13.2 Å². The number of benzene rings is 3. The normalized spacial score (nSPS) is 10.9. The minimum absolute atomic E-state index is 0.124. The van der Waals surface area contributed by atoms with Crippen molar-refractivity contribution in [3.8, 4) is 35.2 Å². The van der Waals surface area contributed by atoms with E-state index < -0.39 is 0 Å². The molecule has 6 nitrogen and oxygen atoms in total. The van der Waals surface area contributed by atoms with Crippen LogP contribution < -0.4 is 15.0 Å². The molecule has 0 atom stereocenters. The van der Waals surface area contributed by atoms with E-state index in [1.807, 2.05) is 55.5 Å². The summed E-state index contributed by atoms with van der Waals surface area (Å²) in [6.07, 6.45) is 6.89. The first-order valence-corrected chi connectivity index (χ1v) is 11.1. The summed E-state index contributed by atoms with van der Waals surface area (Å²) in [6, 6.07) is 20.3. The average Bonchev–Trinajstić information content (AvgIpc) is 2.84. The minimum Gasteiger partial charge on any atom is -0.490 e. The summed E-state index contributed by atoms with van der Waals surface area (Å²) in [5, 5.41) is 5.00. The van der Waals surface area contributed by atoms with Crippen LogP contribution in [0, 0.1) is 12.3 Å². The number of aromatic nitrogens is 2. The van der Waals surface area contributed by atoms with Gasteiger partial charge in [-0.25, -0.2) is 4.98 Å². The number of hydrogen-bond donors (Lipinski definition) is 0. The molecule has 0 bridgehead atoms. The second-order valence-electron chi connectivity index (χ2n) is 6.93. The third-order valence-electron chi connectivity index (χ3n) is 4.77. The number of fused-ring (bicyclic) bond motifs is 1. The van der Waals surface area contributed by atoms with Gasteiger partial charge >= 0.3 is 0 Å². The lowest BCUT2D eigenvalue weighted by Gasteiger charge is -2.13. The van der Waals surface area contributed by atoms with Crippen molar-refractivity contribution >= 4 is 33.0 Å². The number of hydrogen-bond acceptors (Lipinski definition) is 5. The molecule has 0 fully saturated rings. The van der Waals surface area contributed by atoms with E-state index in [1.165, 1.54) is 4.68 Å². The highest BCUT2D eigenvalue weighted by molar-refractivity contribution is 9.10. The molecule has 4 aromatic rings. The molecule has 164 valence electrons. The zero-order chi connectivity index (χ0) is 23.2. The molecule has 0 aliphatic rings.